The molecule has 0 aliphatic carbocycles. The van der Waals surface area contributed by atoms with Crippen LogP contribution in [-0.2, 0) is 11.3 Å². The second-order valence-corrected chi connectivity index (χ2v) is 7.36. The lowest BCUT2D eigenvalue weighted by atomic mass is 10.2. The highest BCUT2D eigenvalue weighted by molar-refractivity contribution is 7.99. The standard InChI is InChI=1S/C19H18ClFN4O2S/c1-25(10-12-4-3-5-14(21)8-12)17(26)11-28-19-22-18(23-24-19)15-9-13(20)6-7-16(15)27-2/h3-9H,10-11H2,1-2H3,(H,22,23,24). The second kappa shape index (κ2) is 9.07. The van der Waals surface area contributed by atoms with Gasteiger partial charge in [-0.15, -0.1) is 5.10 Å². The monoisotopic (exact) mass is 420 g/mol. The largest absolute Gasteiger partial charge is 0.496 e. The van der Waals surface area contributed by atoms with Gasteiger partial charge in [-0.3, -0.25) is 9.89 Å². The minimum atomic E-state index is -0.322. The SMILES string of the molecule is COc1ccc(Cl)cc1-c1nc(SCC(=O)N(C)Cc2cccc(F)c2)n[nH]1. The molecule has 3 rings (SSSR count). The van der Waals surface area contributed by atoms with E-state index in [2.05, 4.69) is 15.2 Å². The summed E-state index contributed by atoms with van der Waals surface area (Å²) in [5, 5.41) is 7.95. The third-order valence-corrected chi connectivity index (χ3v) is 5.01. The number of H-pyrrole nitrogens is 1. The number of aromatic nitrogens is 3. The van der Waals surface area contributed by atoms with Crippen molar-refractivity contribution in [2.24, 2.45) is 0 Å². The maximum atomic E-state index is 13.3. The summed E-state index contributed by atoms with van der Waals surface area (Å²) in [6, 6.07) is 11.4. The van der Waals surface area contributed by atoms with Crippen molar-refractivity contribution in [1.29, 1.82) is 0 Å². The van der Waals surface area contributed by atoms with Crippen LogP contribution in [0.5, 0.6) is 5.75 Å². The number of hydrogen-bond acceptors (Lipinski definition) is 5. The van der Waals surface area contributed by atoms with Crippen molar-refractivity contribution in [3.8, 4) is 17.1 Å². The highest BCUT2D eigenvalue weighted by Crippen LogP contribution is 2.31. The van der Waals surface area contributed by atoms with E-state index in [1.807, 2.05) is 0 Å². The summed E-state index contributed by atoms with van der Waals surface area (Å²) in [5.74, 6) is 0.847. The van der Waals surface area contributed by atoms with E-state index < -0.39 is 0 Å². The van der Waals surface area contributed by atoms with Gasteiger partial charge in [-0.2, -0.15) is 0 Å². The molecule has 2 aromatic carbocycles. The molecular weight excluding hydrogens is 403 g/mol. The lowest BCUT2D eigenvalue weighted by molar-refractivity contribution is -0.127. The Morgan fingerprint density at radius 1 is 1.32 bits per heavy atom. The summed E-state index contributed by atoms with van der Waals surface area (Å²) < 4.78 is 18.6. The van der Waals surface area contributed by atoms with Crippen LogP contribution in [0.15, 0.2) is 47.6 Å². The molecule has 0 aliphatic rings. The zero-order valence-corrected chi connectivity index (χ0v) is 16.9. The van der Waals surface area contributed by atoms with Crippen LogP contribution >= 0.6 is 23.4 Å². The van der Waals surface area contributed by atoms with Crippen LogP contribution < -0.4 is 4.74 Å². The molecule has 3 aromatic rings. The smallest absolute Gasteiger partial charge is 0.233 e. The molecule has 9 heteroatoms. The third-order valence-electron chi connectivity index (χ3n) is 3.94. The fourth-order valence-corrected chi connectivity index (χ4v) is 3.44. The fourth-order valence-electron chi connectivity index (χ4n) is 2.53. The first kappa shape index (κ1) is 20.2. The fraction of sp³-hybridized carbons (Fsp3) is 0.211. The number of methoxy groups -OCH3 is 1. The molecule has 1 amide bonds. The van der Waals surface area contributed by atoms with Crippen LogP contribution in [0, 0.1) is 5.82 Å². The summed E-state index contributed by atoms with van der Waals surface area (Å²) in [7, 11) is 3.24. The van der Waals surface area contributed by atoms with E-state index in [9.17, 15) is 9.18 Å². The normalized spacial score (nSPS) is 10.7. The Kier molecular flexibility index (Phi) is 6.53. The van der Waals surface area contributed by atoms with Gasteiger partial charge in [0.05, 0.1) is 18.4 Å². The van der Waals surface area contributed by atoms with E-state index >= 15 is 0 Å². The van der Waals surface area contributed by atoms with Crippen LogP contribution in [0.2, 0.25) is 5.02 Å². The maximum absolute atomic E-state index is 13.3. The number of halogens is 2. The van der Waals surface area contributed by atoms with Gasteiger partial charge in [0.1, 0.15) is 11.6 Å². The van der Waals surface area contributed by atoms with Gasteiger partial charge in [-0.1, -0.05) is 35.5 Å². The number of carbonyl (C=O) groups is 1. The van der Waals surface area contributed by atoms with Crippen molar-refractivity contribution >= 4 is 29.3 Å². The zero-order valence-electron chi connectivity index (χ0n) is 15.3. The van der Waals surface area contributed by atoms with Crippen LogP contribution in [0.4, 0.5) is 4.39 Å². The Balaban J connectivity index is 1.61. The average Bonchev–Trinajstić information content (AvgIpc) is 3.15. The van der Waals surface area contributed by atoms with Gasteiger partial charge < -0.3 is 9.64 Å². The molecule has 0 unspecified atom stereocenters. The van der Waals surface area contributed by atoms with Gasteiger partial charge >= 0.3 is 0 Å². The molecule has 0 saturated heterocycles. The molecule has 146 valence electrons. The summed E-state index contributed by atoms with van der Waals surface area (Å²) in [6.07, 6.45) is 0. The molecule has 0 saturated carbocycles. The number of nitrogens with zero attached hydrogens (tertiary/aromatic N) is 3. The summed E-state index contributed by atoms with van der Waals surface area (Å²) in [5.41, 5.74) is 1.41. The van der Waals surface area contributed by atoms with Crippen LogP contribution in [-0.4, -0.2) is 45.9 Å². The Bertz CT molecular complexity index is 982. The Morgan fingerprint density at radius 2 is 2.14 bits per heavy atom. The van der Waals surface area contributed by atoms with Gasteiger partial charge in [0.25, 0.3) is 0 Å². The minimum Gasteiger partial charge on any atom is -0.496 e. The highest BCUT2D eigenvalue weighted by atomic mass is 35.5. The van der Waals surface area contributed by atoms with Crippen LogP contribution in [0.25, 0.3) is 11.4 Å². The minimum absolute atomic E-state index is 0.110. The molecule has 0 bridgehead atoms. The van der Waals surface area contributed by atoms with Crippen LogP contribution in [0.1, 0.15) is 5.56 Å². The summed E-state index contributed by atoms with van der Waals surface area (Å²) in [4.78, 5) is 18.3. The molecular formula is C19H18ClFN4O2S. The number of amides is 1. The Labute approximate surface area is 171 Å². The van der Waals surface area contributed by atoms with Gasteiger partial charge in [-0.05, 0) is 35.9 Å². The van der Waals surface area contributed by atoms with Gasteiger partial charge in [0, 0.05) is 18.6 Å². The number of thioether (sulfide) groups is 1. The number of ether oxygens (including phenoxy) is 1. The molecule has 0 radical (unpaired) electrons. The first-order valence-electron chi connectivity index (χ1n) is 8.34. The molecule has 0 aliphatic heterocycles. The van der Waals surface area contributed by atoms with E-state index in [0.717, 1.165) is 5.56 Å². The first-order chi connectivity index (χ1) is 13.5. The van der Waals surface area contributed by atoms with Crippen molar-refractivity contribution in [3.05, 3.63) is 58.9 Å². The van der Waals surface area contributed by atoms with Crippen molar-refractivity contribution in [3.63, 3.8) is 0 Å². The molecule has 1 aromatic heterocycles. The quantitative estimate of drug-likeness (QED) is 0.584. The molecule has 0 fully saturated rings. The predicted molar refractivity (Wildman–Crippen MR) is 107 cm³/mol. The van der Waals surface area contributed by atoms with Crippen molar-refractivity contribution in [1.82, 2.24) is 20.1 Å². The van der Waals surface area contributed by atoms with Crippen molar-refractivity contribution in [2.45, 2.75) is 11.7 Å². The second-order valence-electron chi connectivity index (χ2n) is 5.98. The Hall–Kier alpha value is -2.58. The zero-order chi connectivity index (χ0) is 20.1. The maximum Gasteiger partial charge on any atom is 0.233 e. The number of benzene rings is 2. The topological polar surface area (TPSA) is 71.1 Å². The summed E-state index contributed by atoms with van der Waals surface area (Å²) >= 11 is 7.26. The Morgan fingerprint density at radius 3 is 2.89 bits per heavy atom. The van der Waals surface area contributed by atoms with E-state index in [4.69, 9.17) is 16.3 Å². The van der Waals surface area contributed by atoms with E-state index in [1.165, 1.54) is 28.8 Å². The number of hydrogen-bond donors (Lipinski definition) is 1. The van der Waals surface area contributed by atoms with E-state index in [0.29, 0.717) is 33.9 Å². The number of aromatic amines is 1. The van der Waals surface area contributed by atoms with Crippen molar-refractivity contribution in [2.75, 3.05) is 19.9 Å². The summed E-state index contributed by atoms with van der Waals surface area (Å²) in [6.45, 7) is 0.329. The van der Waals surface area contributed by atoms with E-state index in [-0.39, 0.29) is 17.5 Å². The first-order valence-corrected chi connectivity index (χ1v) is 9.70. The molecule has 1 heterocycles. The van der Waals surface area contributed by atoms with Gasteiger partial charge in [0.15, 0.2) is 5.82 Å². The van der Waals surface area contributed by atoms with Gasteiger partial charge in [0.2, 0.25) is 11.1 Å². The van der Waals surface area contributed by atoms with Gasteiger partial charge in [-0.25, -0.2) is 9.37 Å². The molecule has 6 nitrogen and oxygen atoms in total. The van der Waals surface area contributed by atoms with E-state index in [1.54, 1.807) is 44.5 Å². The number of carbonyl (C=O) groups excluding carboxylic acids is 1. The average molecular weight is 421 g/mol. The van der Waals surface area contributed by atoms with Crippen molar-refractivity contribution < 1.29 is 13.9 Å². The highest BCUT2D eigenvalue weighted by Gasteiger charge is 2.15. The number of nitrogens with one attached hydrogen (secondary N) is 1. The van der Waals surface area contributed by atoms with Crippen LogP contribution in [0.3, 0.4) is 0 Å². The lowest BCUT2D eigenvalue weighted by Gasteiger charge is -2.16. The third kappa shape index (κ3) is 5.02. The molecule has 0 atom stereocenters. The molecule has 1 N–H and O–H groups in total. The molecule has 0 spiro atoms. The number of rotatable bonds is 7. The lowest BCUT2D eigenvalue weighted by Crippen LogP contribution is -2.27. The molecule has 28 heavy (non-hydrogen) atoms. The predicted octanol–water partition coefficient (Wildman–Crippen LogP) is 4.02.